The van der Waals surface area contributed by atoms with E-state index < -0.39 is 0 Å². The van der Waals surface area contributed by atoms with Gasteiger partial charge in [-0.3, -0.25) is 11.3 Å². The van der Waals surface area contributed by atoms with E-state index in [-0.39, 0.29) is 0 Å². The minimum absolute atomic E-state index is 0.372. The Labute approximate surface area is 83.4 Å². The van der Waals surface area contributed by atoms with Crippen molar-refractivity contribution in [3.8, 4) is 0 Å². The van der Waals surface area contributed by atoms with Crippen LogP contribution in [-0.2, 0) is 6.42 Å². The van der Waals surface area contributed by atoms with Gasteiger partial charge in [0.05, 0.1) is 0 Å². The number of hydrogen-bond donors (Lipinski definition) is 2. The fraction of sp³-hybridized carbons (Fsp3) is 0.400. The first-order chi connectivity index (χ1) is 6.36. The number of hydrogen-bond acceptors (Lipinski definition) is 3. The van der Waals surface area contributed by atoms with Gasteiger partial charge in [0.1, 0.15) is 0 Å². The highest BCUT2D eigenvalue weighted by Crippen LogP contribution is 2.13. The normalized spacial score (nSPS) is 12.7. The molecule has 0 aliphatic rings. The molecule has 1 aromatic rings. The minimum atomic E-state index is 0.372. The van der Waals surface area contributed by atoms with E-state index >= 15 is 0 Å². The van der Waals surface area contributed by atoms with Crippen LogP contribution in [0.15, 0.2) is 30.2 Å². The van der Waals surface area contributed by atoms with E-state index in [2.05, 4.69) is 29.5 Å². The van der Waals surface area contributed by atoms with Gasteiger partial charge in [0.15, 0.2) is 0 Å². The molecule has 0 saturated carbocycles. The first-order valence-corrected chi connectivity index (χ1v) is 5.34. The molecule has 0 aliphatic carbocycles. The van der Waals surface area contributed by atoms with Crippen LogP contribution in [0.4, 0.5) is 0 Å². The molecule has 0 fully saturated rings. The summed E-state index contributed by atoms with van der Waals surface area (Å²) in [6, 6.07) is 4.58. The van der Waals surface area contributed by atoms with Crippen molar-refractivity contribution in [3.05, 3.63) is 35.0 Å². The average molecular weight is 196 g/mol. The second-order valence-corrected chi connectivity index (χ2v) is 4.05. The third-order valence-electron chi connectivity index (χ3n) is 1.98. The fourth-order valence-electron chi connectivity index (χ4n) is 1.23. The number of hydrazine groups is 1. The maximum absolute atomic E-state index is 5.45. The molecule has 0 bridgehead atoms. The van der Waals surface area contributed by atoms with Gasteiger partial charge in [0.2, 0.25) is 0 Å². The second kappa shape index (κ2) is 5.91. The lowest BCUT2D eigenvalue weighted by Crippen LogP contribution is -2.36. The molecule has 1 unspecified atom stereocenters. The molecule has 0 amide bonds. The molecule has 1 heterocycles. The summed E-state index contributed by atoms with van der Waals surface area (Å²) in [4.78, 5) is 1.38. The van der Waals surface area contributed by atoms with Crippen LogP contribution < -0.4 is 11.3 Å². The predicted molar refractivity (Wildman–Crippen MR) is 58.6 cm³/mol. The van der Waals surface area contributed by atoms with E-state index in [1.54, 1.807) is 11.3 Å². The van der Waals surface area contributed by atoms with E-state index in [4.69, 9.17) is 5.84 Å². The largest absolute Gasteiger partial charge is 0.271 e. The summed E-state index contributed by atoms with van der Waals surface area (Å²) < 4.78 is 0. The van der Waals surface area contributed by atoms with E-state index in [1.165, 1.54) is 4.88 Å². The quantitative estimate of drug-likeness (QED) is 0.415. The van der Waals surface area contributed by atoms with Crippen LogP contribution in [0.5, 0.6) is 0 Å². The number of nitrogens with one attached hydrogen (secondary N) is 1. The van der Waals surface area contributed by atoms with Crippen molar-refractivity contribution in [2.24, 2.45) is 5.84 Å². The smallest absolute Gasteiger partial charge is 0.0261 e. The molecule has 2 nitrogen and oxygen atoms in total. The zero-order valence-electron chi connectivity index (χ0n) is 7.70. The van der Waals surface area contributed by atoms with Gasteiger partial charge in [-0.2, -0.15) is 0 Å². The predicted octanol–water partition coefficient (Wildman–Crippen LogP) is 2.09. The average Bonchev–Trinajstić information content (AvgIpc) is 2.64. The highest BCUT2D eigenvalue weighted by Gasteiger charge is 2.06. The van der Waals surface area contributed by atoms with Crippen molar-refractivity contribution in [1.29, 1.82) is 0 Å². The fourth-order valence-corrected chi connectivity index (χ4v) is 2.02. The molecule has 3 heteroatoms. The first kappa shape index (κ1) is 10.4. The van der Waals surface area contributed by atoms with Crippen LogP contribution in [0, 0.1) is 0 Å². The highest BCUT2D eigenvalue weighted by atomic mass is 32.1. The van der Waals surface area contributed by atoms with Gasteiger partial charge in [-0.05, 0) is 30.7 Å². The Balaban J connectivity index is 2.35. The molecular formula is C10H16N2S. The van der Waals surface area contributed by atoms with Crippen molar-refractivity contribution in [3.63, 3.8) is 0 Å². The maximum Gasteiger partial charge on any atom is 0.0261 e. The number of nitrogens with two attached hydrogens (primary N) is 1. The topological polar surface area (TPSA) is 38.0 Å². The number of rotatable bonds is 6. The SMILES string of the molecule is C=CCCC(Cc1cccs1)NN. The third kappa shape index (κ3) is 3.72. The van der Waals surface area contributed by atoms with Gasteiger partial charge in [-0.1, -0.05) is 12.1 Å². The summed E-state index contributed by atoms with van der Waals surface area (Å²) in [5.41, 5.74) is 2.83. The van der Waals surface area contributed by atoms with Gasteiger partial charge in [-0.25, -0.2) is 0 Å². The summed E-state index contributed by atoms with van der Waals surface area (Å²) in [5, 5.41) is 2.09. The second-order valence-electron chi connectivity index (χ2n) is 3.01. The van der Waals surface area contributed by atoms with E-state index in [0.717, 1.165) is 19.3 Å². The first-order valence-electron chi connectivity index (χ1n) is 4.46. The molecule has 0 saturated heterocycles. The highest BCUT2D eigenvalue weighted by molar-refractivity contribution is 7.09. The zero-order chi connectivity index (χ0) is 9.52. The monoisotopic (exact) mass is 196 g/mol. The van der Waals surface area contributed by atoms with Gasteiger partial charge in [-0.15, -0.1) is 17.9 Å². The Kier molecular flexibility index (Phi) is 4.75. The van der Waals surface area contributed by atoms with Crippen LogP contribution in [0.2, 0.25) is 0 Å². The Morgan fingerprint density at radius 2 is 2.54 bits per heavy atom. The molecule has 0 aliphatic heterocycles. The lowest BCUT2D eigenvalue weighted by molar-refractivity contribution is 0.498. The summed E-state index contributed by atoms with van der Waals surface area (Å²) in [6.45, 7) is 3.70. The summed E-state index contributed by atoms with van der Waals surface area (Å²) in [7, 11) is 0. The van der Waals surface area contributed by atoms with Gasteiger partial charge in [0.25, 0.3) is 0 Å². The Bertz CT molecular complexity index is 231. The van der Waals surface area contributed by atoms with Crippen LogP contribution in [0.1, 0.15) is 17.7 Å². The summed E-state index contributed by atoms with van der Waals surface area (Å²) in [6.07, 6.45) is 5.01. The molecule has 1 aromatic heterocycles. The van der Waals surface area contributed by atoms with Crippen molar-refractivity contribution in [2.45, 2.75) is 25.3 Å². The lowest BCUT2D eigenvalue weighted by Gasteiger charge is -2.13. The molecule has 13 heavy (non-hydrogen) atoms. The van der Waals surface area contributed by atoms with E-state index in [0.29, 0.717) is 6.04 Å². The van der Waals surface area contributed by atoms with Crippen molar-refractivity contribution in [2.75, 3.05) is 0 Å². The molecule has 72 valence electrons. The standard InChI is InChI=1S/C10H16N2S/c1-2-3-5-9(12-11)8-10-6-4-7-13-10/h2,4,6-7,9,12H,1,3,5,8,11H2. The van der Waals surface area contributed by atoms with Crippen molar-refractivity contribution >= 4 is 11.3 Å². The van der Waals surface area contributed by atoms with Crippen molar-refractivity contribution in [1.82, 2.24) is 5.43 Å². The molecule has 0 aromatic carbocycles. The number of thiophene rings is 1. The van der Waals surface area contributed by atoms with Gasteiger partial charge >= 0.3 is 0 Å². The molecule has 1 atom stereocenters. The Morgan fingerprint density at radius 1 is 1.69 bits per heavy atom. The maximum atomic E-state index is 5.45. The van der Waals surface area contributed by atoms with Gasteiger partial charge < -0.3 is 0 Å². The van der Waals surface area contributed by atoms with Crippen LogP contribution >= 0.6 is 11.3 Å². The molecule has 0 radical (unpaired) electrons. The minimum Gasteiger partial charge on any atom is -0.271 e. The molecule has 0 spiro atoms. The van der Waals surface area contributed by atoms with Crippen LogP contribution in [0.25, 0.3) is 0 Å². The van der Waals surface area contributed by atoms with E-state index in [9.17, 15) is 0 Å². The van der Waals surface area contributed by atoms with Crippen LogP contribution in [-0.4, -0.2) is 6.04 Å². The molecular weight excluding hydrogens is 180 g/mol. The molecule has 1 rings (SSSR count). The Morgan fingerprint density at radius 3 is 3.08 bits per heavy atom. The van der Waals surface area contributed by atoms with Gasteiger partial charge in [0, 0.05) is 10.9 Å². The molecule has 3 N–H and O–H groups in total. The summed E-state index contributed by atoms with van der Waals surface area (Å²) >= 11 is 1.78. The number of allylic oxidation sites excluding steroid dienone is 1. The Hall–Kier alpha value is -0.640. The lowest BCUT2D eigenvalue weighted by atomic mass is 10.1. The zero-order valence-corrected chi connectivity index (χ0v) is 8.52. The summed E-state index contributed by atoms with van der Waals surface area (Å²) in [5.74, 6) is 5.45. The third-order valence-corrected chi connectivity index (χ3v) is 2.88. The van der Waals surface area contributed by atoms with E-state index in [1.807, 2.05) is 6.08 Å². The van der Waals surface area contributed by atoms with Crippen molar-refractivity contribution < 1.29 is 0 Å². The van der Waals surface area contributed by atoms with Crippen LogP contribution in [0.3, 0.4) is 0 Å².